The molecule has 0 unspecified atom stereocenters. The molecule has 37 heavy (non-hydrogen) atoms. The van der Waals surface area contributed by atoms with Crippen molar-refractivity contribution in [3.8, 4) is 0 Å². The highest BCUT2D eigenvalue weighted by atomic mass is 28.5. The normalized spacial score (nSPS) is 27.8. The third-order valence-electron chi connectivity index (χ3n) is 7.40. The minimum Gasteiger partial charge on any atom is -0.414 e. The standard InChI is InChI=1S/C24H44N2O9Si2/c1-14(2)36(15(3)4)31-13-18-20(34-37(35-36,16(5)6)17(7)8)21(33-24(29-9)30-10)22(32-18)26-12-11-19(27)25-23(26)28/h11-12,14-18,20-22,24H,13H2,1-10H3,(H,25,27,28)/t18-,20-,21-,22-/m0/s1. The Morgan fingerprint density at radius 3 is 2.00 bits per heavy atom. The van der Waals surface area contributed by atoms with E-state index in [0.717, 1.165) is 0 Å². The molecule has 0 saturated carbocycles. The smallest absolute Gasteiger partial charge is 0.335 e. The van der Waals surface area contributed by atoms with Crippen LogP contribution in [0.2, 0.25) is 22.2 Å². The molecule has 0 spiro atoms. The van der Waals surface area contributed by atoms with E-state index >= 15 is 0 Å². The van der Waals surface area contributed by atoms with Gasteiger partial charge in [0.25, 0.3) is 12.0 Å². The SMILES string of the molecule is COC(OC)O[C@H]1[C@H]2O[Si](C(C)C)(C(C)C)O[Si](C(C)C)(C(C)C)OC[C@@H]2O[C@@H]1n1ccc(=O)[nH]c1=O. The molecule has 1 N–H and O–H groups in total. The summed E-state index contributed by atoms with van der Waals surface area (Å²) in [6.45, 7) is 16.3. The van der Waals surface area contributed by atoms with Crippen LogP contribution >= 0.6 is 0 Å². The van der Waals surface area contributed by atoms with Crippen LogP contribution in [0.5, 0.6) is 0 Å². The van der Waals surface area contributed by atoms with E-state index < -0.39 is 59.4 Å². The number of nitrogens with one attached hydrogen (secondary N) is 1. The lowest BCUT2D eigenvalue weighted by molar-refractivity contribution is -0.299. The lowest BCUT2D eigenvalue weighted by atomic mass is 10.1. The molecule has 212 valence electrons. The maximum Gasteiger partial charge on any atom is 0.335 e. The van der Waals surface area contributed by atoms with E-state index in [4.69, 9.17) is 31.9 Å². The van der Waals surface area contributed by atoms with Gasteiger partial charge in [0.2, 0.25) is 0 Å². The lowest BCUT2D eigenvalue weighted by Crippen LogP contribution is -2.66. The Morgan fingerprint density at radius 2 is 1.51 bits per heavy atom. The van der Waals surface area contributed by atoms with Gasteiger partial charge >= 0.3 is 22.8 Å². The zero-order chi connectivity index (χ0) is 27.7. The Morgan fingerprint density at radius 1 is 0.946 bits per heavy atom. The number of ether oxygens (including phenoxy) is 4. The fourth-order valence-corrected chi connectivity index (χ4v) is 16.7. The molecular weight excluding hydrogens is 516 g/mol. The molecule has 2 aliphatic rings. The van der Waals surface area contributed by atoms with Crippen LogP contribution in [0.1, 0.15) is 61.6 Å². The summed E-state index contributed by atoms with van der Waals surface area (Å²) >= 11 is 0. The van der Waals surface area contributed by atoms with Gasteiger partial charge < -0.3 is 31.9 Å². The van der Waals surface area contributed by atoms with Crippen molar-refractivity contribution in [1.82, 2.24) is 9.55 Å². The van der Waals surface area contributed by atoms with Crippen molar-refractivity contribution >= 4 is 17.1 Å². The summed E-state index contributed by atoms with van der Waals surface area (Å²) in [5.41, 5.74) is -0.582. The molecule has 2 fully saturated rings. The Bertz CT molecular complexity index is 992. The van der Waals surface area contributed by atoms with Crippen molar-refractivity contribution in [2.45, 2.75) is 109 Å². The van der Waals surface area contributed by atoms with E-state index in [0.29, 0.717) is 0 Å². The van der Waals surface area contributed by atoms with Gasteiger partial charge in [-0.05, 0) is 22.2 Å². The fraction of sp³-hybridized carbons (Fsp3) is 0.833. The van der Waals surface area contributed by atoms with E-state index in [9.17, 15) is 9.59 Å². The summed E-state index contributed by atoms with van der Waals surface area (Å²) < 4.78 is 45.8. The molecule has 13 heteroatoms. The van der Waals surface area contributed by atoms with Crippen molar-refractivity contribution < 1.29 is 31.9 Å². The van der Waals surface area contributed by atoms with Gasteiger partial charge in [0.05, 0.1) is 6.61 Å². The predicted molar refractivity (Wildman–Crippen MR) is 142 cm³/mol. The van der Waals surface area contributed by atoms with E-state index in [1.807, 2.05) is 0 Å². The average molecular weight is 561 g/mol. The Hall–Kier alpha value is -1.17. The molecule has 0 radical (unpaired) electrons. The predicted octanol–water partition coefficient (Wildman–Crippen LogP) is 3.35. The maximum atomic E-state index is 12.8. The van der Waals surface area contributed by atoms with E-state index in [-0.39, 0.29) is 28.8 Å². The highest BCUT2D eigenvalue weighted by Crippen LogP contribution is 2.48. The first-order valence-electron chi connectivity index (χ1n) is 13.0. The second-order valence-corrected chi connectivity index (χ2v) is 19.8. The summed E-state index contributed by atoms with van der Waals surface area (Å²) in [4.78, 5) is 26.8. The number of methoxy groups -OCH3 is 2. The quantitative estimate of drug-likeness (QED) is 0.358. The molecule has 2 aliphatic heterocycles. The average Bonchev–Trinajstić information content (AvgIpc) is 3.12. The molecule has 0 bridgehead atoms. The fourth-order valence-electron chi connectivity index (χ4n) is 5.45. The molecule has 11 nitrogen and oxygen atoms in total. The summed E-state index contributed by atoms with van der Waals surface area (Å²) in [6.07, 6.45) is -1.54. The Labute approximate surface area is 221 Å². The van der Waals surface area contributed by atoms with Gasteiger partial charge in [-0.1, -0.05) is 55.4 Å². The van der Waals surface area contributed by atoms with Gasteiger partial charge in [-0.15, -0.1) is 0 Å². The lowest BCUT2D eigenvalue weighted by Gasteiger charge is -2.51. The number of H-pyrrole nitrogens is 1. The van der Waals surface area contributed by atoms with Crippen LogP contribution in [0.3, 0.4) is 0 Å². The zero-order valence-corrected chi connectivity index (χ0v) is 25.7. The third kappa shape index (κ3) is 5.75. The minimum absolute atomic E-state index is 0.0929. The summed E-state index contributed by atoms with van der Waals surface area (Å²) in [5.74, 6) is 0. The molecule has 0 aromatic carbocycles. The topological polar surface area (TPSA) is 119 Å². The molecule has 1 aromatic heterocycles. The van der Waals surface area contributed by atoms with Crippen molar-refractivity contribution in [3.05, 3.63) is 33.1 Å². The third-order valence-corrected chi connectivity index (χ3v) is 17.6. The van der Waals surface area contributed by atoms with Gasteiger partial charge in [0.1, 0.15) is 18.3 Å². The molecule has 3 rings (SSSR count). The van der Waals surface area contributed by atoms with E-state index in [1.165, 1.54) is 31.0 Å². The highest BCUT2D eigenvalue weighted by molar-refractivity contribution is 6.83. The zero-order valence-electron chi connectivity index (χ0n) is 23.7. The van der Waals surface area contributed by atoms with E-state index in [1.54, 1.807) is 0 Å². The number of aromatic nitrogens is 2. The van der Waals surface area contributed by atoms with Gasteiger partial charge in [-0.2, -0.15) is 0 Å². The van der Waals surface area contributed by atoms with Gasteiger partial charge in [0.15, 0.2) is 6.23 Å². The molecule has 0 amide bonds. The molecular formula is C24H44N2O9Si2. The number of rotatable bonds is 9. The summed E-state index contributed by atoms with van der Waals surface area (Å²) in [7, 11) is -2.84. The second-order valence-electron chi connectivity index (χ2n) is 11.0. The van der Waals surface area contributed by atoms with Crippen LogP contribution in [0.25, 0.3) is 0 Å². The number of hydrogen-bond acceptors (Lipinski definition) is 9. The van der Waals surface area contributed by atoms with Crippen LogP contribution in [0.4, 0.5) is 0 Å². The van der Waals surface area contributed by atoms with Gasteiger partial charge in [-0.25, -0.2) is 4.79 Å². The molecule has 4 atom stereocenters. The highest BCUT2D eigenvalue weighted by Gasteiger charge is 2.62. The maximum absolute atomic E-state index is 12.8. The molecule has 1 aromatic rings. The summed E-state index contributed by atoms with van der Waals surface area (Å²) in [5, 5.41) is 0. The van der Waals surface area contributed by atoms with Crippen molar-refractivity contribution in [3.63, 3.8) is 0 Å². The number of fused-ring (bicyclic) bond motifs is 1. The first-order valence-corrected chi connectivity index (χ1v) is 17.0. The Kier molecular flexibility index (Phi) is 9.79. The van der Waals surface area contributed by atoms with Gasteiger partial charge in [-0.3, -0.25) is 14.3 Å². The first-order chi connectivity index (χ1) is 17.3. The van der Waals surface area contributed by atoms with Crippen LogP contribution in [0.15, 0.2) is 21.9 Å². The van der Waals surface area contributed by atoms with Crippen LogP contribution < -0.4 is 11.2 Å². The van der Waals surface area contributed by atoms with Crippen LogP contribution in [-0.2, 0) is 31.9 Å². The second kappa shape index (κ2) is 11.9. The molecule has 2 saturated heterocycles. The van der Waals surface area contributed by atoms with Crippen LogP contribution in [0, 0.1) is 0 Å². The van der Waals surface area contributed by atoms with Crippen LogP contribution in [-0.4, -0.2) is 72.3 Å². The number of nitrogens with zero attached hydrogens (tertiary/aromatic N) is 1. The molecule has 0 aliphatic carbocycles. The summed E-state index contributed by atoms with van der Waals surface area (Å²) in [6, 6.07) is 1.27. The minimum atomic E-state index is -2.98. The van der Waals surface area contributed by atoms with Crippen molar-refractivity contribution in [2.75, 3.05) is 20.8 Å². The largest absolute Gasteiger partial charge is 0.414 e. The monoisotopic (exact) mass is 560 g/mol. The number of aromatic amines is 1. The number of hydrogen-bond donors (Lipinski definition) is 1. The molecule has 3 heterocycles. The first kappa shape index (κ1) is 30.4. The van der Waals surface area contributed by atoms with Crippen molar-refractivity contribution in [2.24, 2.45) is 0 Å². The van der Waals surface area contributed by atoms with E-state index in [2.05, 4.69) is 60.4 Å². The van der Waals surface area contributed by atoms with Crippen molar-refractivity contribution in [1.29, 1.82) is 0 Å². The van der Waals surface area contributed by atoms with Gasteiger partial charge in [0, 0.05) is 26.5 Å². The Balaban J connectivity index is 2.17.